The first-order valence-electron chi connectivity index (χ1n) is 10.4. The number of hydrogen-bond donors (Lipinski definition) is 2. The van der Waals surface area contributed by atoms with Crippen molar-refractivity contribution >= 4 is 34.5 Å². The molecule has 0 radical (unpaired) electrons. The van der Waals surface area contributed by atoms with Crippen molar-refractivity contribution in [2.45, 2.75) is 20.0 Å². The molecule has 0 saturated carbocycles. The molecule has 0 bridgehead atoms. The maximum absolute atomic E-state index is 12.7. The van der Waals surface area contributed by atoms with Gasteiger partial charge in [0.15, 0.2) is 0 Å². The third-order valence-corrected chi connectivity index (χ3v) is 5.15. The Morgan fingerprint density at radius 2 is 1.88 bits per heavy atom. The minimum Gasteiger partial charge on any atom is -0.467 e. The van der Waals surface area contributed by atoms with Crippen molar-refractivity contribution in [3.05, 3.63) is 95.6 Å². The van der Waals surface area contributed by atoms with Gasteiger partial charge in [0.25, 0.3) is 5.91 Å². The lowest BCUT2D eigenvalue weighted by Gasteiger charge is -2.06. The van der Waals surface area contributed by atoms with Crippen molar-refractivity contribution in [1.82, 2.24) is 9.88 Å². The number of aromatic nitrogens is 1. The smallest absolute Gasteiger partial charge is 0.266 e. The Morgan fingerprint density at radius 1 is 1.09 bits per heavy atom. The predicted molar refractivity (Wildman–Crippen MR) is 126 cm³/mol. The molecule has 2 aromatic heterocycles. The summed E-state index contributed by atoms with van der Waals surface area (Å²) >= 11 is 0. The van der Waals surface area contributed by atoms with Crippen LogP contribution in [0.2, 0.25) is 0 Å². The lowest BCUT2D eigenvalue weighted by atomic mass is 10.1. The molecule has 2 aromatic carbocycles. The number of rotatable bonds is 7. The molecule has 0 atom stereocenters. The number of anilines is 1. The van der Waals surface area contributed by atoms with Crippen LogP contribution < -0.4 is 10.6 Å². The van der Waals surface area contributed by atoms with Gasteiger partial charge in [-0.3, -0.25) is 9.59 Å². The van der Waals surface area contributed by atoms with E-state index in [-0.39, 0.29) is 18.0 Å². The molecule has 2 amide bonds. The highest BCUT2D eigenvalue weighted by Crippen LogP contribution is 2.24. The molecule has 7 nitrogen and oxygen atoms in total. The van der Waals surface area contributed by atoms with Crippen LogP contribution in [0.1, 0.15) is 16.9 Å². The first-order chi connectivity index (χ1) is 16.0. The summed E-state index contributed by atoms with van der Waals surface area (Å²) in [7, 11) is 0. The quantitative estimate of drug-likeness (QED) is 0.330. The van der Waals surface area contributed by atoms with Gasteiger partial charge < -0.3 is 19.6 Å². The summed E-state index contributed by atoms with van der Waals surface area (Å²) in [5.74, 6) is -0.00253. The van der Waals surface area contributed by atoms with E-state index in [4.69, 9.17) is 4.42 Å². The maximum Gasteiger partial charge on any atom is 0.266 e. The molecule has 0 aliphatic heterocycles. The molecule has 2 heterocycles. The molecule has 7 heteroatoms. The number of furan rings is 1. The van der Waals surface area contributed by atoms with Gasteiger partial charge in [-0.1, -0.05) is 35.9 Å². The van der Waals surface area contributed by atoms with Crippen molar-refractivity contribution in [1.29, 1.82) is 5.26 Å². The largest absolute Gasteiger partial charge is 0.467 e. The summed E-state index contributed by atoms with van der Waals surface area (Å²) in [5, 5.41) is 16.0. The van der Waals surface area contributed by atoms with Crippen LogP contribution in [0.5, 0.6) is 0 Å². The predicted octanol–water partition coefficient (Wildman–Crippen LogP) is 4.40. The number of nitrogens with one attached hydrogen (secondary N) is 2. The van der Waals surface area contributed by atoms with E-state index in [0.717, 1.165) is 16.5 Å². The molecular formula is C26H22N4O3. The minimum absolute atomic E-state index is 0.0271. The standard InChI is InChI=1S/C26H22N4O3/c1-18-8-10-21(11-9-18)29-26(32)19(14-27)13-20-16-30(24-7-3-2-6-23(20)24)17-25(31)28-15-22-5-4-12-33-22/h2-13,16H,15,17H2,1H3,(H,28,31)(H,29,32). The number of para-hydroxylation sites is 1. The first kappa shape index (κ1) is 21.7. The maximum atomic E-state index is 12.7. The summed E-state index contributed by atoms with van der Waals surface area (Å²) in [5.41, 5.74) is 3.17. The van der Waals surface area contributed by atoms with Crippen molar-refractivity contribution in [2.75, 3.05) is 5.32 Å². The molecule has 4 aromatic rings. The average molecular weight is 438 g/mol. The fourth-order valence-corrected chi connectivity index (χ4v) is 3.47. The van der Waals surface area contributed by atoms with E-state index in [1.807, 2.05) is 49.4 Å². The molecule has 0 fully saturated rings. The van der Waals surface area contributed by atoms with Crippen LogP contribution in [0.3, 0.4) is 0 Å². The summed E-state index contributed by atoms with van der Waals surface area (Å²) in [6.45, 7) is 2.35. The third-order valence-electron chi connectivity index (χ3n) is 5.15. The van der Waals surface area contributed by atoms with E-state index in [1.54, 1.807) is 47.4 Å². The Balaban J connectivity index is 1.55. The Hall–Kier alpha value is -4.57. The van der Waals surface area contributed by atoms with Crippen LogP contribution in [0, 0.1) is 18.3 Å². The summed E-state index contributed by atoms with van der Waals surface area (Å²) < 4.78 is 7.03. The van der Waals surface area contributed by atoms with Gasteiger partial charge in [0, 0.05) is 28.4 Å². The van der Waals surface area contributed by atoms with Crippen LogP contribution in [0.15, 0.2) is 83.1 Å². The van der Waals surface area contributed by atoms with Crippen LogP contribution in [-0.4, -0.2) is 16.4 Å². The zero-order valence-corrected chi connectivity index (χ0v) is 18.0. The second-order valence-electron chi connectivity index (χ2n) is 7.58. The van der Waals surface area contributed by atoms with E-state index in [1.165, 1.54) is 0 Å². The summed E-state index contributed by atoms with van der Waals surface area (Å²) in [6, 6.07) is 20.4. The fourth-order valence-electron chi connectivity index (χ4n) is 3.47. The average Bonchev–Trinajstić information content (AvgIpc) is 3.46. The number of hydrogen-bond acceptors (Lipinski definition) is 4. The molecule has 2 N–H and O–H groups in total. The number of benzene rings is 2. The summed E-state index contributed by atoms with van der Waals surface area (Å²) in [4.78, 5) is 25.1. The molecule has 0 unspecified atom stereocenters. The van der Waals surface area contributed by atoms with Gasteiger partial charge in [0.2, 0.25) is 5.91 Å². The molecule has 0 aliphatic rings. The molecule has 164 valence electrons. The molecular weight excluding hydrogens is 416 g/mol. The second-order valence-corrected chi connectivity index (χ2v) is 7.58. The zero-order valence-electron chi connectivity index (χ0n) is 18.0. The Kier molecular flexibility index (Phi) is 6.37. The molecule has 4 rings (SSSR count). The van der Waals surface area contributed by atoms with Crippen LogP contribution in [-0.2, 0) is 22.7 Å². The monoisotopic (exact) mass is 438 g/mol. The number of carbonyl (C=O) groups excluding carboxylic acids is 2. The normalized spacial score (nSPS) is 11.2. The van der Waals surface area contributed by atoms with Gasteiger partial charge in [-0.15, -0.1) is 0 Å². The topological polar surface area (TPSA) is 100 Å². The van der Waals surface area contributed by atoms with Crippen LogP contribution >= 0.6 is 0 Å². The van der Waals surface area contributed by atoms with Gasteiger partial charge in [0.1, 0.15) is 23.9 Å². The van der Waals surface area contributed by atoms with Gasteiger partial charge in [0.05, 0.1) is 12.8 Å². The lowest BCUT2D eigenvalue weighted by Crippen LogP contribution is -2.26. The van der Waals surface area contributed by atoms with E-state index < -0.39 is 5.91 Å². The number of amides is 2. The highest BCUT2D eigenvalue weighted by molar-refractivity contribution is 6.10. The molecule has 0 aliphatic carbocycles. The van der Waals surface area contributed by atoms with Crippen LogP contribution in [0.25, 0.3) is 17.0 Å². The number of aryl methyl sites for hydroxylation is 1. The number of nitrogens with zero attached hydrogens (tertiary/aromatic N) is 2. The van der Waals surface area contributed by atoms with Gasteiger partial charge in [-0.05, 0) is 43.3 Å². The second kappa shape index (κ2) is 9.71. The Morgan fingerprint density at radius 3 is 2.61 bits per heavy atom. The lowest BCUT2D eigenvalue weighted by molar-refractivity contribution is -0.121. The SMILES string of the molecule is Cc1ccc(NC(=O)C(C#N)=Cc2cn(CC(=O)NCc3ccco3)c3ccccc23)cc1. The van der Waals surface area contributed by atoms with Crippen LogP contribution in [0.4, 0.5) is 5.69 Å². The van der Waals surface area contributed by atoms with E-state index >= 15 is 0 Å². The Bertz CT molecular complexity index is 1360. The number of carbonyl (C=O) groups is 2. The van der Waals surface area contributed by atoms with E-state index in [2.05, 4.69) is 10.6 Å². The van der Waals surface area contributed by atoms with E-state index in [0.29, 0.717) is 23.6 Å². The van der Waals surface area contributed by atoms with Gasteiger partial charge >= 0.3 is 0 Å². The summed E-state index contributed by atoms with van der Waals surface area (Å²) in [6.07, 6.45) is 4.87. The fraction of sp³-hybridized carbons (Fsp3) is 0.115. The highest BCUT2D eigenvalue weighted by atomic mass is 16.3. The highest BCUT2D eigenvalue weighted by Gasteiger charge is 2.14. The number of fused-ring (bicyclic) bond motifs is 1. The molecule has 33 heavy (non-hydrogen) atoms. The first-order valence-corrected chi connectivity index (χ1v) is 10.4. The molecule has 0 saturated heterocycles. The molecule has 0 spiro atoms. The number of nitriles is 1. The third kappa shape index (κ3) is 5.20. The van der Waals surface area contributed by atoms with Gasteiger partial charge in [-0.2, -0.15) is 5.26 Å². The van der Waals surface area contributed by atoms with E-state index in [9.17, 15) is 14.9 Å². The van der Waals surface area contributed by atoms with Crippen molar-refractivity contribution < 1.29 is 14.0 Å². The van der Waals surface area contributed by atoms with Gasteiger partial charge in [-0.25, -0.2) is 0 Å². The Labute approximate surface area is 190 Å². The van der Waals surface area contributed by atoms with Crippen molar-refractivity contribution in [3.8, 4) is 6.07 Å². The zero-order chi connectivity index (χ0) is 23.2. The van der Waals surface area contributed by atoms with Crippen molar-refractivity contribution in [3.63, 3.8) is 0 Å². The van der Waals surface area contributed by atoms with Crippen molar-refractivity contribution in [2.24, 2.45) is 0 Å². The minimum atomic E-state index is -0.491.